The molecule has 4 aliphatic heterocycles. The third-order valence-corrected chi connectivity index (χ3v) is 12.9. The summed E-state index contributed by atoms with van der Waals surface area (Å²) in [5.74, 6) is 1.79. The van der Waals surface area contributed by atoms with Crippen molar-refractivity contribution in [2.75, 3.05) is 62.7 Å². The fourth-order valence-electron chi connectivity index (χ4n) is 9.73. The molecule has 0 saturated carbocycles. The van der Waals surface area contributed by atoms with E-state index in [4.69, 9.17) is 4.74 Å². The SMILES string of the molecule is CC[C@@H]1CCc2cc(O)ccc2[C@@H]1c1ccc(N2CCC(CCN3CCN(c4cc5c(c(OC)c4)C(=O)N(C4CCC(=O)NC4=O)C5)CC3)CC2)cc1. The largest absolute Gasteiger partial charge is 0.508 e. The third kappa shape index (κ3) is 7.10. The van der Waals surface area contributed by atoms with Crippen molar-refractivity contribution in [3.05, 3.63) is 82.4 Å². The van der Waals surface area contributed by atoms with Gasteiger partial charge in [-0.3, -0.25) is 24.6 Å². The number of carbonyl (C=O) groups is 3. The zero-order chi connectivity index (χ0) is 36.6. The number of piperidine rings is 2. The number of carbonyl (C=O) groups excluding carboxylic acids is 3. The van der Waals surface area contributed by atoms with Gasteiger partial charge in [0, 0.05) is 75.6 Å². The summed E-state index contributed by atoms with van der Waals surface area (Å²) in [6.45, 7) is 9.79. The van der Waals surface area contributed by atoms with E-state index in [9.17, 15) is 19.5 Å². The van der Waals surface area contributed by atoms with Gasteiger partial charge in [0.05, 0.1) is 12.7 Å². The van der Waals surface area contributed by atoms with E-state index >= 15 is 0 Å². The van der Waals surface area contributed by atoms with Gasteiger partial charge < -0.3 is 24.5 Å². The quantitative estimate of drug-likeness (QED) is 0.272. The van der Waals surface area contributed by atoms with Gasteiger partial charge in [0.2, 0.25) is 11.8 Å². The number of rotatable bonds is 9. The molecule has 3 saturated heterocycles. The van der Waals surface area contributed by atoms with Gasteiger partial charge in [0.25, 0.3) is 5.91 Å². The van der Waals surface area contributed by atoms with Crippen LogP contribution in [0.15, 0.2) is 54.6 Å². The topological polar surface area (TPSA) is 106 Å². The number of methoxy groups -OCH3 is 1. The highest BCUT2D eigenvalue weighted by molar-refractivity contribution is 6.06. The van der Waals surface area contributed by atoms with Crippen LogP contribution in [0.3, 0.4) is 0 Å². The van der Waals surface area contributed by atoms with E-state index in [0.29, 0.717) is 41.9 Å². The molecule has 8 rings (SSSR count). The molecule has 0 aromatic heterocycles. The van der Waals surface area contributed by atoms with Gasteiger partial charge in [0.1, 0.15) is 17.5 Å². The Morgan fingerprint density at radius 2 is 1.57 bits per heavy atom. The standard InChI is InChI=1S/C43H53N5O5/c1-3-29-4-5-31-25-35(49)10-11-36(31)40(29)30-6-8-33(9-7-30)46-18-15-28(16-19-46)14-17-45-20-22-47(23-21-45)34-24-32-27-48(37-12-13-39(50)44-42(37)51)43(52)41(32)38(26-34)53-2/h6-11,24-26,28-29,37,40,49H,3-5,12-23,27H2,1-2H3,(H,44,50,51)/t29-,37?,40+/m1/s1. The average Bonchev–Trinajstić information content (AvgIpc) is 3.52. The first-order valence-corrected chi connectivity index (χ1v) is 19.8. The van der Waals surface area contributed by atoms with Crippen LogP contribution >= 0.6 is 0 Å². The number of phenolic OH excluding ortho intramolecular Hbond substituents is 1. The Labute approximate surface area is 313 Å². The maximum atomic E-state index is 13.4. The zero-order valence-corrected chi connectivity index (χ0v) is 31.2. The van der Waals surface area contributed by atoms with Crippen LogP contribution < -0.4 is 19.9 Å². The molecule has 2 N–H and O–H groups in total. The molecule has 10 heteroatoms. The number of imide groups is 1. The molecule has 10 nitrogen and oxygen atoms in total. The van der Waals surface area contributed by atoms with Crippen molar-refractivity contribution < 1.29 is 24.2 Å². The zero-order valence-electron chi connectivity index (χ0n) is 31.2. The predicted octanol–water partition coefficient (Wildman–Crippen LogP) is 5.69. The summed E-state index contributed by atoms with van der Waals surface area (Å²) in [6, 6.07) is 18.7. The van der Waals surface area contributed by atoms with Gasteiger partial charge in [0.15, 0.2) is 0 Å². The second-order valence-electron chi connectivity index (χ2n) is 15.8. The van der Waals surface area contributed by atoms with Crippen LogP contribution in [-0.2, 0) is 22.6 Å². The number of fused-ring (bicyclic) bond motifs is 2. The monoisotopic (exact) mass is 719 g/mol. The fourth-order valence-corrected chi connectivity index (χ4v) is 9.73. The molecular formula is C43H53N5O5. The number of nitrogens with zero attached hydrogens (tertiary/aromatic N) is 4. The van der Waals surface area contributed by atoms with Crippen LogP contribution in [0, 0.1) is 11.8 Å². The highest BCUT2D eigenvalue weighted by Crippen LogP contribution is 2.44. The molecule has 0 bridgehead atoms. The predicted molar refractivity (Wildman–Crippen MR) is 206 cm³/mol. The molecule has 1 unspecified atom stereocenters. The Bertz CT molecular complexity index is 1850. The summed E-state index contributed by atoms with van der Waals surface area (Å²) in [7, 11) is 1.59. The van der Waals surface area contributed by atoms with E-state index in [2.05, 4.69) is 63.3 Å². The number of hydrogen-bond acceptors (Lipinski definition) is 8. The first-order valence-electron chi connectivity index (χ1n) is 19.8. The van der Waals surface area contributed by atoms with E-state index in [1.54, 1.807) is 12.0 Å². The summed E-state index contributed by atoms with van der Waals surface area (Å²) >= 11 is 0. The van der Waals surface area contributed by atoms with E-state index < -0.39 is 11.9 Å². The van der Waals surface area contributed by atoms with Crippen LogP contribution in [0.4, 0.5) is 11.4 Å². The van der Waals surface area contributed by atoms with Crippen LogP contribution in [0.5, 0.6) is 11.5 Å². The molecule has 0 spiro atoms. The molecule has 1 aliphatic carbocycles. The highest BCUT2D eigenvalue weighted by Gasteiger charge is 2.41. The molecule has 0 radical (unpaired) electrons. The first kappa shape index (κ1) is 35.5. The normalized spacial score (nSPS) is 23.9. The van der Waals surface area contributed by atoms with Gasteiger partial charge in [-0.2, -0.15) is 0 Å². The highest BCUT2D eigenvalue weighted by atomic mass is 16.5. The number of ether oxygens (including phenoxy) is 1. The minimum Gasteiger partial charge on any atom is -0.508 e. The molecule has 3 atom stereocenters. The molecule has 53 heavy (non-hydrogen) atoms. The summed E-state index contributed by atoms with van der Waals surface area (Å²) in [4.78, 5) is 46.8. The maximum absolute atomic E-state index is 13.4. The number of aromatic hydroxyl groups is 1. The smallest absolute Gasteiger partial charge is 0.258 e. The van der Waals surface area contributed by atoms with Crippen LogP contribution in [-0.4, -0.2) is 91.6 Å². The Balaban J connectivity index is 0.815. The summed E-state index contributed by atoms with van der Waals surface area (Å²) in [5.41, 5.74) is 7.86. The van der Waals surface area contributed by atoms with Crippen molar-refractivity contribution in [1.29, 1.82) is 0 Å². The Morgan fingerprint density at radius 3 is 2.28 bits per heavy atom. The Kier molecular flexibility index (Phi) is 10.1. The molecule has 3 fully saturated rings. The van der Waals surface area contributed by atoms with Crippen LogP contribution in [0.25, 0.3) is 0 Å². The molecular weight excluding hydrogens is 667 g/mol. The third-order valence-electron chi connectivity index (χ3n) is 12.9. The van der Waals surface area contributed by atoms with Crippen molar-refractivity contribution in [2.45, 2.75) is 76.8 Å². The van der Waals surface area contributed by atoms with Crippen molar-refractivity contribution in [3.8, 4) is 11.5 Å². The second kappa shape index (κ2) is 15.0. The molecule has 3 amide bonds. The molecule has 5 aliphatic rings. The summed E-state index contributed by atoms with van der Waals surface area (Å²) in [6.07, 6.45) is 7.65. The second-order valence-corrected chi connectivity index (χ2v) is 15.8. The molecule has 4 heterocycles. The fraction of sp³-hybridized carbons (Fsp3) is 0.512. The Hall–Kier alpha value is -4.57. The molecule has 3 aromatic carbocycles. The van der Waals surface area contributed by atoms with Crippen LogP contribution in [0.1, 0.15) is 90.4 Å². The lowest BCUT2D eigenvalue weighted by molar-refractivity contribution is -0.136. The number of piperazine rings is 1. The average molecular weight is 720 g/mol. The Morgan fingerprint density at radius 1 is 0.811 bits per heavy atom. The lowest BCUT2D eigenvalue weighted by atomic mass is 9.71. The van der Waals surface area contributed by atoms with Crippen molar-refractivity contribution in [2.24, 2.45) is 11.8 Å². The number of aryl methyl sites for hydroxylation is 1. The van der Waals surface area contributed by atoms with Gasteiger partial charge in [-0.25, -0.2) is 0 Å². The van der Waals surface area contributed by atoms with E-state index in [1.165, 1.54) is 48.1 Å². The number of anilines is 2. The number of amides is 3. The minimum absolute atomic E-state index is 0.208. The van der Waals surface area contributed by atoms with Gasteiger partial charge in [-0.05, 0) is 109 Å². The number of hydrogen-bond donors (Lipinski definition) is 2. The summed E-state index contributed by atoms with van der Waals surface area (Å²) in [5, 5.41) is 12.5. The lowest BCUT2D eigenvalue weighted by Gasteiger charge is -2.38. The van der Waals surface area contributed by atoms with E-state index in [0.717, 1.165) is 75.8 Å². The van der Waals surface area contributed by atoms with Gasteiger partial charge >= 0.3 is 0 Å². The van der Waals surface area contributed by atoms with Gasteiger partial charge in [-0.1, -0.05) is 31.5 Å². The van der Waals surface area contributed by atoms with Crippen molar-refractivity contribution >= 4 is 29.1 Å². The van der Waals surface area contributed by atoms with Gasteiger partial charge in [-0.15, -0.1) is 0 Å². The number of phenols is 1. The number of benzene rings is 3. The number of nitrogens with one attached hydrogen (secondary N) is 1. The maximum Gasteiger partial charge on any atom is 0.258 e. The van der Waals surface area contributed by atoms with E-state index in [-0.39, 0.29) is 18.2 Å². The first-order chi connectivity index (χ1) is 25.8. The minimum atomic E-state index is -0.639. The lowest BCUT2D eigenvalue weighted by Crippen LogP contribution is -2.52. The molecule has 3 aromatic rings. The van der Waals surface area contributed by atoms with Crippen molar-refractivity contribution in [3.63, 3.8) is 0 Å². The van der Waals surface area contributed by atoms with Crippen molar-refractivity contribution in [1.82, 2.24) is 15.1 Å². The van der Waals surface area contributed by atoms with Crippen LogP contribution in [0.2, 0.25) is 0 Å². The molecule has 280 valence electrons. The summed E-state index contributed by atoms with van der Waals surface area (Å²) < 4.78 is 5.70. The van der Waals surface area contributed by atoms with E-state index in [1.807, 2.05) is 18.2 Å².